The Kier molecular flexibility index (Phi) is 10.3. The van der Waals surface area contributed by atoms with Crippen molar-refractivity contribution in [3.63, 3.8) is 0 Å². The minimum absolute atomic E-state index is 0.0232. The molecule has 1 fully saturated rings. The quantitative estimate of drug-likeness (QED) is 0.510. The van der Waals surface area contributed by atoms with E-state index in [0.717, 1.165) is 31.4 Å². The van der Waals surface area contributed by atoms with Crippen LogP contribution in [0.25, 0.3) is 0 Å². The van der Waals surface area contributed by atoms with Crippen LogP contribution < -0.4 is 5.32 Å². The first-order chi connectivity index (χ1) is 14.0. The van der Waals surface area contributed by atoms with Gasteiger partial charge in [-0.2, -0.15) is 0 Å². The molecule has 29 heavy (non-hydrogen) atoms. The number of amides is 1. The summed E-state index contributed by atoms with van der Waals surface area (Å²) in [5, 5.41) is 12.3. The van der Waals surface area contributed by atoms with E-state index in [4.69, 9.17) is 0 Å². The Morgan fingerprint density at radius 3 is 2.31 bits per heavy atom. The summed E-state index contributed by atoms with van der Waals surface area (Å²) < 4.78 is -0.152. The van der Waals surface area contributed by atoms with Crippen LogP contribution in [-0.4, -0.2) is 73.8 Å². The number of hydrogen-bond acceptors (Lipinski definition) is 3. The number of likely N-dealkylation sites (N-methyl/N-ethyl adjacent to an activating group) is 1. The molecule has 0 bridgehead atoms. The van der Waals surface area contributed by atoms with Gasteiger partial charge in [-0.25, -0.2) is 0 Å². The Morgan fingerprint density at radius 1 is 1.10 bits per heavy atom. The standard InChI is InChI=1S/C14H16NO3.C9H13N.Pb/c16-13(10-11-6-2-1-3-7-11)15-9-5-4-8-12(15)14(17)18;1-10-8-7-9-5-3-2-4-6-9;/h1-3,6-7,10,12H,4-5,8-9H2,(H,17,18);2-6,10H,7-8H2,1H3;. The van der Waals surface area contributed by atoms with Gasteiger partial charge in [0.1, 0.15) is 0 Å². The van der Waals surface area contributed by atoms with E-state index >= 15 is 0 Å². The SMILES string of the molecule is CNCCc1ccccc1.O=C(O)C1CCCCN1C(=O)[CH]([Pb])c1ccccc1. The number of benzene rings is 2. The van der Waals surface area contributed by atoms with Crippen LogP contribution in [0.2, 0.25) is 0 Å². The summed E-state index contributed by atoms with van der Waals surface area (Å²) in [5.74, 6) is -0.903. The molecule has 1 saturated heterocycles. The Morgan fingerprint density at radius 2 is 1.72 bits per heavy atom. The fourth-order valence-electron chi connectivity index (χ4n) is 3.32. The number of nitrogens with one attached hydrogen (secondary N) is 1. The number of aliphatic carboxylic acids is 1. The third-order valence-electron chi connectivity index (χ3n) is 4.96. The molecule has 153 valence electrons. The molecule has 1 heterocycles. The second-order valence-corrected chi connectivity index (χ2v) is 9.31. The molecule has 6 heteroatoms. The molecule has 1 aliphatic rings. The van der Waals surface area contributed by atoms with Crippen LogP contribution in [-0.2, 0) is 16.0 Å². The van der Waals surface area contributed by atoms with Gasteiger partial charge < -0.3 is 5.32 Å². The Balaban J connectivity index is 0.000000253. The van der Waals surface area contributed by atoms with E-state index < -0.39 is 12.0 Å². The van der Waals surface area contributed by atoms with Gasteiger partial charge in [0, 0.05) is 0 Å². The molecule has 0 spiro atoms. The number of hydrogen-bond donors (Lipinski definition) is 2. The van der Waals surface area contributed by atoms with Gasteiger partial charge in [-0.1, -0.05) is 30.3 Å². The average molecular weight is 589 g/mol. The molecule has 5 nitrogen and oxygen atoms in total. The summed E-state index contributed by atoms with van der Waals surface area (Å²) in [6.45, 7) is 1.63. The molecule has 0 saturated carbocycles. The monoisotopic (exact) mass is 589 g/mol. The molecular formula is C23H29N2O3Pb. The fraction of sp³-hybridized carbons (Fsp3) is 0.391. The summed E-state index contributed by atoms with van der Waals surface area (Å²) in [4.78, 5) is 25.3. The van der Waals surface area contributed by atoms with Gasteiger partial charge in [0.2, 0.25) is 0 Å². The maximum absolute atomic E-state index is 12.5. The summed E-state index contributed by atoms with van der Waals surface area (Å²) in [7, 11) is 1.98. The van der Waals surface area contributed by atoms with E-state index in [1.54, 1.807) is 4.90 Å². The minimum atomic E-state index is -0.880. The molecule has 2 N–H and O–H groups in total. The Hall–Kier alpha value is -1.74. The maximum atomic E-state index is 12.5. The number of piperidine rings is 1. The number of carbonyl (C=O) groups excluding carboxylic acids is 1. The van der Waals surface area contributed by atoms with Gasteiger partial charge in [-0.05, 0) is 25.6 Å². The van der Waals surface area contributed by atoms with Gasteiger partial charge in [-0.15, -0.1) is 0 Å². The van der Waals surface area contributed by atoms with Gasteiger partial charge >= 0.3 is 128 Å². The molecule has 2 unspecified atom stereocenters. The van der Waals surface area contributed by atoms with Gasteiger partial charge in [-0.3, -0.25) is 0 Å². The van der Waals surface area contributed by atoms with Crippen molar-refractivity contribution in [2.45, 2.75) is 35.2 Å². The van der Waals surface area contributed by atoms with E-state index in [1.165, 1.54) is 5.56 Å². The number of nitrogens with zero attached hydrogens (tertiary/aromatic N) is 1. The fourth-order valence-corrected chi connectivity index (χ4v) is 4.71. The first-order valence-corrected chi connectivity index (χ1v) is 12.3. The van der Waals surface area contributed by atoms with E-state index in [9.17, 15) is 14.7 Å². The number of carbonyl (C=O) groups is 2. The van der Waals surface area contributed by atoms with Gasteiger partial charge in [0.25, 0.3) is 0 Å². The topological polar surface area (TPSA) is 69.6 Å². The van der Waals surface area contributed by atoms with E-state index in [1.807, 2.05) is 43.4 Å². The summed E-state index contributed by atoms with van der Waals surface area (Å²) in [6, 6.07) is 19.5. The van der Waals surface area contributed by atoms with Gasteiger partial charge in [0.15, 0.2) is 0 Å². The Labute approximate surface area is 189 Å². The summed E-state index contributed by atoms with van der Waals surface area (Å²) in [5.41, 5.74) is 2.39. The van der Waals surface area contributed by atoms with Crippen molar-refractivity contribution in [3.05, 3.63) is 71.8 Å². The molecule has 1 amide bonds. The number of likely N-dealkylation sites (tertiary alicyclic amines) is 1. The van der Waals surface area contributed by atoms with Crippen molar-refractivity contribution in [2.24, 2.45) is 0 Å². The third kappa shape index (κ3) is 7.55. The zero-order valence-corrected chi connectivity index (χ0v) is 20.8. The molecule has 0 aromatic heterocycles. The first-order valence-electron chi connectivity index (χ1n) is 10.0. The summed E-state index contributed by atoms with van der Waals surface area (Å²) in [6.07, 6.45) is 3.48. The molecule has 1 aliphatic heterocycles. The van der Waals surface area contributed by atoms with Gasteiger partial charge in [0.05, 0.1) is 0 Å². The van der Waals surface area contributed by atoms with Crippen molar-refractivity contribution in [1.82, 2.24) is 10.2 Å². The van der Waals surface area contributed by atoms with E-state index in [0.29, 0.717) is 38.7 Å². The molecule has 2 aromatic carbocycles. The molecule has 2 atom stereocenters. The second-order valence-electron chi connectivity index (χ2n) is 7.06. The summed E-state index contributed by atoms with van der Waals surface area (Å²) >= 11 is 0.697. The molecule has 0 aliphatic carbocycles. The molecule has 3 rings (SSSR count). The predicted octanol–water partition coefficient (Wildman–Crippen LogP) is 2.81. The third-order valence-corrected chi connectivity index (χ3v) is 7.21. The van der Waals surface area contributed by atoms with Crippen LogP contribution in [0, 0.1) is 0 Å². The normalized spacial score (nSPS) is 17.0. The van der Waals surface area contributed by atoms with Crippen LogP contribution in [0.15, 0.2) is 60.7 Å². The second kappa shape index (κ2) is 12.7. The molecular weight excluding hydrogens is 559 g/mol. The number of rotatable bonds is 6. The van der Waals surface area contributed by atoms with Crippen LogP contribution in [0.1, 0.15) is 33.9 Å². The van der Waals surface area contributed by atoms with E-state index in [2.05, 4.69) is 29.6 Å². The zero-order valence-electron chi connectivity index (χ0n) is 16.9. The van der Waals surface area contributed by atoms with Crippen molar-refractivity contribution in [3.8, 4) is 0 Å². The van der Waals surface area contributed by atoms with Crippen molar-refractivity contribution in [2.75, 3.05) is 20.1 Å². The van der Waals surface area contributed by atoms with Crippen LogP contribution in [0.4, 0.5) is 0 Å². The Bertz CT molecular complexity index is 755. The van der Waals surface area contributed by atoms with Crippen molar-refractivity contribution >= 4 is 37.6 Å². The zero-order chi connectivity index (χ0) is 21.1. The van der Waals surface area contributed by atoms with Crippen molar-refractivity contribution in [1.29, 1.82) is 0 Å². The van der Waals surface area contributed by atoms with Crippen LogP contribution in [0.3, 0.4) is 0 Å². The molecule has 3 radical (unpaired) electrons. The van der Waals surface area contributed by atoms with E-state index in [-0.39, 0.29) is 9.38 Å². The van der Waals surface area contributed by atoms with Crippen molar-refractivity contribution < 1.29 is 14.7 Å². The average Bonchev–Trinajstić information content (AvgIpc) is 2.78. The number of carboxylic acid groups (broad SMARTS) is 1. The van der Waals surface area contributed by atoms with Crippen LogP contribution in [0.5, 0.6) is 0 Å². The molecule has 2 aromatic rings. The number of carboxylic acids is 1. The van der Waals surface area contributed by atoms with Crippen LogP contribution >= 0.6 is 0 Å². The predicted molar refractivity (Wildman–Crippen MR) is 116 cm³/mol. The first kappa shape index (κ1) is 23.5.